The third-order valence-corrected chi connectivity index (χ3v) is 3.40. The van der Waals surface area contributed by atoms with E-state index in [2.05, 4.69) is 33.0 Å². The van der Waals surface area contributed by atoms with Crippen LogP contribution in [0.15, 0.2) is 0 Å². The van der Waals surface area contributed by atoms with Gasteiger partial charge in [0.2, 0.25) is 0 Å². The summed E-state index contributed by atoms with van der Waals surface area (Å²) in [4.78, 5) is 0. The molecule has 2 unspecified atom stereocenters. The molecule has 78 valence electrons. The Morgan fingerprint density at radius 1 is 1.46 bits per heavy atom. The average Bonchev–Trinajstić information content (AvgIpc) is 2.59. The maximum Gasteiger partial charge on any atom is 0.0213 e. The van der Waals surface area contributed by atoms with Crippen molar-refractivity contribution in [2.75, 3.05) is 13.1 Å². The smallest absolute Gasteiger partial charge is 0.0213 e. The Hall–Kier alpha value is -0.0800. The highest BCUT2D eigenvalue weighted by molar-refractivity contribution is 4.96. The van der Waals surface area contributed by atoms with Gasteiger partial charge in [0.25, 0.3) is 0 Å². The van der Waals surface area contributed by atoms with Crippen LogP contribution in [0.1, 0.15) is 34.1 Å². The SMILES string of the molecule is CC(C)C(CN)NCC1CC1(C)C. The topological polar surface area (TPSA) is 38.0 Å². The zero-order valence-electron chi connectivity index (χ0n) is 9.43. The van der Waals surface area contributed by atoms with Gasteiger partial charge < -0.3 is 11.1 Å². The van der Waals surface area contributed by atoms with Crippen LogP contribution in [-0.4, -0.2) is 19.1 Å². The van der Waals surface area contributed by atoms with Crippen molar-refractivity contribution >= 4 is 0 Å². The molecule has 2 atom stereocenters. The molecule has 0 bridgehead atoms. The lowest BCUT2D eigenvalue weighted by Crippen LogP contribution is -2.41. The Bertz CT molecular complexity index is 163. The van der Waals surface area contributed by atoms with Crippen LogP contribution in [-0.2, 0) is 0 Å². The minimum absolute atomic E-state index is 0.497. The van der Waals surface area contributed by atoms with Gasteiger partial charge in [0.1, 0.15) is 0 Å². The van der Waals surface area contributed by atoms with Crippen molar-refractivity contribution in [3.05, 3.63) is 0 Å². The van der Waals surface area contributed by atoms with Gasteiger partial charge in [-0.25, -0.2) is 0 Å². The maximum absolute atomic E-state index is 5.69. The van der Waals surface area contributed by atoms with E-state index in [0.29, 0.717) is 17.4 Å². The number of nitrogens with one attached hydrogen (secondary N) is 1. The minimum atomic E-state index is 0.497. The number of rotatable bonds is 5. The summed E-state index contributed by atoms with van der Waals surface area (Å²) in [6.07, 6.45) is 1.37. The highest BCUT2D eigenvalue weighted by Gasteiger charge is 2.45. The fraction of sp³-hybridized carbons (Fsp3) is 1.00. The van der Waals surface area contributed by atoms with Crippen molar-refractivity contribution in [3.8, 4) is 0 Å². The van der Waals surface area contributed by atoms with Crippen LogP contribution in [0.5, 0.6) is 0 Å². The van der Waals surface area contributed by atoms with Crippen LogP contribution in [0.2, 0.25) is 0 Å². The predicted molar refractivity (Wildman–Crippen MR) is 57.6 cm³/mol. The van der Waals surface area contributed by atoms with E-state index >= 15 is 0 Å². The van der Waals surface area contributed by atoms with Crippen molar-refractivity contribution < 1.29 is 0 Å². The fourth-order valence-electron chi connectivity index (χ4n) is 1.81. The quantitative estimate of drug-likeness (QED) is 0.681. The van der Waals surface area contributed by atoms with Gasteiger partial charge in [-0.05, 0) is 30.2 Å². The van der Waals surface area contributed by atoms with E-state index < -0.39 is 0 Å². The van der Waals surface area contributed by atoms with Crippen LogP contribution in [0.25, 0.3) is 0 Å². The average molecular weight is 184 g/mol. The van der Waals surface area contributed by atoms with Crippen LogP contribution in [0.3, 0.4) is 0 Å². The molecule has 0 spiro atoms. The molecule has 1 rings (SSSR count). The van der Waals surface area contributed by atoms with Gasteiger partial charge in [0, 0.05) is 12.6 Å². The highest BCUT2D eigenvalue weighted by Crippen LogP contribution is 2.51. The van der Waals surface area contributed by atoms with E-state index in [1.165, 1.54) is 6.42 Å². The van der Waals surface area contributed by atoms with Crippen molar-refractivity contribution in [1.29, 1.82) is 0 Å². The normalized spacial score (nSPS) is 27.7. The van der Waals surface area contributed by atoms with Gasteiger partial charge >= 0.3 is 0 Å². The first kappa shape index (κ1) is 11.0. The molecule has 0 amide bonds. The first-order valence-electron chi connectivity index (χ1n) is 5.41. The van der Waals surface area contributed by atoms with Crippen molar-refractivity contribution in [2.45, 2.75) is 40.2 Å². The van der Waals surface area contributed by atoms with E-state index in [1.807, 2.05) is 0 Å². The van der Waals surface area contributed by atoms with E-state index in [-0.39, 0.29) is 0 Å². The molecule has 1 aliphatic carbocycles. The Morgan fingerprint density at radius 2 is 2.00 bits per heavy atom. The summed E-state index contributed by atoms with van der Waals surface area (Å²) >= 11 is 0. The molecule has 2 nitrogen and oxygen atoms in total. The summed E-state index contributed by atoms with van der Waals surface area (Å²) < 4.78 is 0. The minimum Gasteiger partial charge on any atom is -0.329 e. The second-order valence-corrected chi connectivity index (χ2v) is 5.38. The second kappa shape index (κ2) is 3.97. The van der Waals surface area contributed by atoms with E-state index in [4.69, 9.17) is 5.73 Å². The summed E-state index contributed by atoms with van der Waals surface area (Å²) in [6.45, 7) is 11.0. The van der Waals surface area contributed by atoms with Gasteiger partial charge in [-0.2, -0.15) is 0 Å². The molecule has 0 radical (unpaired) electrons. The lowest BCUT2D eigenvalue weighted by molar-refractivity contribution is 0.386. The van der Waals surface area contributed by atoms with Crippen LogP contribution in [0, 0.1) is 17.3 Å². The molecule has 13 heavy (non-hydrogen) atoms. The Morgan fingerprint density at radius 3 is 2.31 bits per heavy atom. The lowest BCUT2D eigenvalue weighted by atomic mass is 10.0. The molecule has 3 N–H and O–H groups in total. The standard InChI is InChI=1S/C11H24N2/c1-8(2)10(6-12)13-7-9-5-11(9,3)4/h8-10,13H,5-7,12H2,1-4H3. The monoisotopic (exact) mass is 184 g/mol. The largest absolute Gasteiger partial charge is 0.329 e. The summed E-state index contributed by atoms with van der Waals surface area (Å²) in [6, 6.07) is 0.497. The first-order chi connectivity index (χ1) is 5.97. The molecule has 0 aromatic heterocycles. The molecule has 1 saturated carbocycles. The molecule has 2 heteroatoms. The van der Waals surface area contributed by atoms with Crippen LogP contribution < -0.4 is 11.1 Å². The zero-order valence-corrected chi connectivity index (χ0v) is 9.43. The van der Waals surface area contributed by atoms with Crippen molar-refractivity contribution in [1.82, 2.24) is 5.32 Å². The van der Waals surface area contributed by atoms with Crippen molar-refractivity contribution in [3.63, 3.8) is 0 Å². The van der Waals surface area contributed by atoms with Crippen molar-refractivity contribution in [2.24, 2.45) is 23.0 Å². The number of hydrogen-bond donors (Lipinski definition) is 2. The zero-order chi connectivity index (χ0) is 10.1. The maximum atomic E-state index is 5.69. The van der Waals surface area contributed by atoms with E-state index in [9.17, 15) is 0 Å². The van der Waals surface area contributed by atoms with E-state index in [0.717, 1.165) is 19.0 Å². The Labute approximate surface area is 82.3 Å². The molecule has 1 fully saturated rings. The van der Waals surface area contributed by atoms with E-state index in [1.54, 1.807) is 0 Å². The molecule has 0 aliphatic heterocycles. The fourth-order valence-corrected chi connectivity index (χ4v) is 1.81. The molecule has 0 aromatic carbocycles. The molecular formula is C11H24N2. The van der Waals surface area contributed by atoms with Gasteiger partial charge in [0.15, 0.2) is 0 Å². The molecule has 1 aliphatic rings. The number of nitrogens with two attached hydrogens (primary N) is 1. The molecule has 0 saturated heterocycles. The molecular weight excluding hydrogens is 160 g/mol. The van der Waals surface area contributed by atoms with Crippen LogP contribution >= 0.6 is 0 Å². The number of hydrogen-bond acceptors (Lipinski definition) is 2. The summed E-state index contributed by atoms with van der Waals surface area (Å²) in [5.74, 6) is 1.52. The summed E-state index contributed by atoms with van der Waals surface area (Å²) in [5.41, 5.74) is 6.27. The third kappa shape index (κ3) is 2.96. The Balaban J connectivity index is 2.18. The highest BCUT2D eigenvalue weighted by atomic mass is 15.0. The first-order valence-corrected chi connectivity index (χ1v) is 5.41. The second-order valence-electron chi connectivity index (χ2n) is 5.38. The van der Waals surface area contributed by atoms with Gasteiger partial charge in [-0.1, -0.05) is 27.7 Å². The summed E-state index contributed by atoms with van der Waals surface area (Å²) in [5, 5.41) is 3.56. The van der Waals surface area contributed by atoms with Gasteiger partial charge in [-0.15, -0.1) is 0 Å². The lowest BCUT2D eigenvalue weighted by Gasteiger charge is -2.20. The Kier molecular flexibility index (Phi) is 3.36. The third-order valence-electron chi connectivity index (χ3n) is 3.40. The van der Waals surface area contributed by atoms with Crippen LogP contribution in [0.4, 0.5) is 0 Å². The molecule has 0 aromatic rings. The van der Waals surface area contributed by atoms with Gasteiger partial charge in [0.05, 0.1) is 0 Å². The van der Waals surface area contributed by atoms with Gasteiger partial charge in [-0.3, -0.25) is 0 Å². The summed E-state index contributed by atoms with van der Waals surface area (Å²) in [7, 11) is 0. The predicted octanol–water partition coefficient (Wildman–Crippen LogP) is 1.61. The molecule has 0 heterocycles.